The summed E-state index contributed by atoms with van der Waals surface area (Å²) in [7, 11) is 4.53. The molecule has 162 valence electrons. The Morgan fingerprint density at radius 2 is 1.74 bits per heavy atom. The fourth-order valence-electron chi connectivity index (χ4n) is 3.28. The predicted molar refractivity (Wildman–Crippen MR) is 123 cm³/mol. The van der Waals surface area contributed by atoms with Gasteiger partial charge in [-0.3, -0.25) is 14.5 Å². The summed E-state index contributed by atoms with van der Waals surface area (Å²) in [6.45, 7) is 0. The number of benzene rings is 2. The van der Waals surface area contributed by atoms with E-state index in [2.05, 4.69) is 0 Å². The Bertz CT molecular complexity index is 1010. The van der Waals surface area contributed by atoms with Crippen molar-refractivity contribution in [3.05, 3.63) is 58.5 Å². The second kappa shape index (κ2) is 9.84. The molecule has 31 heavy (non-hydrogen) atoms. The van der Waals surface area contributed by atoms with Gasteiger partial charge in [0, 0.05) is 0 Å². The molecule has 0 saturated carbocycles. The number of hydrogen-bond acceptors (Lipinski definition) is 7. The van der Waals surface area contributed by atoms with Crippen molar-refractivity contribution in [3.63, 3.8) is 0 Å². The third-order valence-corrected chi connectivity index (χ3v) is 6.00. The van der Waals surface area contributed by atoms with Gasteiger partial charge in [0.2, 0.25) is 5.75 Å². The number of aliphatic carboxylic acids is 1. The summed E-state index contributed by atoms with van der Waals surface area (Å²) in [5, 5.41) is 9.40. The molecule has 1 fully saturated rings. The number of ether oxygens (including phenoxy) is 3. The highest BCUT2D eigenvalue weighted by atomic mass is 32.2. The SMILES string of the molecule is COc1cc(/C=C2\SC(=S)N(C(CC(=O)O)c3ccccc3)C2=O)cc(OC)c1OC. The zero-order valence-electron chi connectivity index (χ0n) is 17.2. The topological polar surface area (TPSA) is 85.3 Å². The molecule has 1 aliphatic rings. The Kier molecular flexibility index (Phi) is 7.19. The third kappa shape index (κ3) is 4.83. The lowest BCUT2D eigenvalue weighted by Crippen LogP contribution is -2.34. The van der Waals surface area contributed by atoms with Crippen LogP contribution in [0.1, 0.15) is 23.6 Å². The Labute approximate surface area is 189 Å². The molecule has 0 spiro atoms. The average Bonchev–Trinajstić information content (AvgIpc) is 3.04. The summed E-state index contributed by atoms with van der Waals surface area (Å²) < 4.78 is 16.4. The summed E-state index contributed by atoms with van der Waals surface area (Å²) in [6.07, 6.45) is 1.42. The van der Waals surface area contributed by atoms with E-state index in [9.17, 15) is 14.7 Å². The molecule has 1 unspecified atom stereocenters. The molecule has 7 nitrogen and oxygen atoms in total. The first-order chi connectivity index (χ1) is 14.9. The molecule has 1 N–H and O–H groups in total. The van der Waals surface area contributed by atoms with E-state index in [0.29, 0.717) is 37.6 Å². The first kappa shape index (κ1) is 22.6. The monoisotopic (exact) mass is 459 g/mol. The van der Waals surface area contributed by atoms with E-state index >= 15 is 0 Å². The lowest BCUT2D eigenvalue weighted by atomic mass is 10.0. The maximum atomic E-state index is 13.2. The normalized spacial score (nSPS) is 15.8. The minimum atomic E-state index is -1.02. The van der Waals surface area contributed by atoms with Gasteiger partial charge in [-0.05, 0) is 29.3 Å². The quantitative estimate of drug-likeness (QED) is 0.466. The van der Waals surface area contributed by atoms with Gasteiger partial charge in [-0.15, -0.1) is 0 Å². The van der Waals surface area contributed by atoms with Crippen LogP contribution in [0.5, 0.6) is 17.2 Å². The van der Waals surface area contributed by atoms with E-state index in [1.807, 2.05) is 6.07 Å². The molecule has 1 amide bonds. The summed E-state index contributed by atoms with van der Waals surface area (Å²) in [6, 6.07) is 11.7. The van der Waals surface area contributed by atoms with Crippen LogP contribution in [0.2, 0.25) is 0 Å². The number of hydrogen-bond donors (Lipinski definition) is 1. The maximum Gasteiger partial charge on any atom is 0.305 e. The van der Waals surface area contributed by atoms with Gasteiger partial charge < -0.3 is 19.3 Å². The van der Waals surface area contributed by atoms with Crippen LogP contribution in [0.3, 0.4) is 0 Å². The largest absolute Gasteiger partial charge is 0.493 e. The van der Waals surface area contributed by atoms with Gasteiger partial charge in [0.1, 0.15) is 4.32 Å². The number of carboxylic acids is 1. The van der Waals surface area contributed by atoms with Crippen LogP contribution in [-0.4, -0.2) is 47.5 Å². The summed E-state index contributed by atoms with van der Waals surface area (Å²) in [5.74, 6) is -0.0103. The van der Waals surface area contributed by atoms with Crippen LogP contribution < -0.4 is 14.2 Å². The Hall–Kier alpha value is -3.04. The van der Waals surface area contributed by atoms with Gasteiger partial charge in [-0.2, -0.15) is 0 Å². The Morgan fingerprint density at radius 1 is 1.13 bits per heavy atom. The minimum Gasteiger partial charge on any atom is -0.493 e. The zero-order chi connectivity index (χ0) is 22.5. The lowest BCUT2D eigenvalue weighted by Gasteiger charge is -2.26. The third-order valence-electron chi connectivity index (χ3n) is 4.67. The molecular weight excluding hydrogens is 438 g/mol. The highest BCUT2D eigenvalue weighted by molar-refractivity contribution is 8.26. The second-order valence-electron chi connectivity index (χ2n) is 6.53. The second-order valence-corrected chi connectivity index (χ2v) is 8.21. The minimum absolute atomic E-state index is 0.256. The molecule has 1 saturated heterocycles. The number of carboxylic acid groups (broad SMARTS) is 1. The fourth-order valence-corrected chi connectivity index (χ4v) is 4.64. The Balaban J connectivity index is 1.99. The number of thioether (sulfide) groups is 1. The van der Waals surface area contributed by atoms with E-state index in [1.165, 1.54) is 26.2 Å². The van der Waals surface area contributed by atoms with E-state index < -0.39 is 12.0 Å². The number of amides is 1. The van der Waals surface area contributed by atoms with Crippen LogP contribution in [-0.2, 0) is 9.59 Å². The van der Waals surface area contributed by atoms with Crippen molar-refractivity contribution < 1.29 is 28.9 Å². The molecule has 1 atom stereocenters. The van der Waals surface area contributed by atoms with Crippen molar-refractivity contribution in [2.75, 3.05) is 21.3 Å². The highest BCUT2D eigenvalue weighted by Gasteiger charge is 2.38. The number of carbonyl (C=O) groups is 2. The molecule has 1 heterocycles. The van der Waals surface area contributed by atoms with Crippen molar-refractivity contribution in [2.24, 2.45) is 0 Å². The smallest absolute Gasteiger partial charge is 0.305 e. The van der Waals surface area contributed by atoms with Crippen LogP contribution in [0.4, 0.5) is 0 Å². The van der Waals surface area contributed by atoms with Gasteiger partial charge in [0.05, 0.1) is 38.7 Å². The van der Waals surface area contributed by atoms with Gasteiger partial charge in [0.15, 0.2) is 11.5 Å². The molecule has 2 aromatic rings. The zero-order valence-corrected chi connectivity index (χ0v) is 18.8. The molecule has 0 radical (unpaired) electrons. The van der Waals surface area contributed by atoms with Crippen LogP contribution in [0, 0.1) is 0 Å². The molecule has 9 heteroatoms. The van der Waals surface area contributed by atoms with E-state index in [0.717, 1.165) is 11.8 Å². The number of rotatable bonds is 8. The molecule has 0 aliphatic carbocycles. The van der Waals surface area contributed by atoms with E-state index in [-0.39, 0.29) is 12.3 Å². The first-order valence-electron chi connectivity index (χ1n) is 9.23. The van der Waals surface area contributed by atoms with Crippen molar-refractivity contribution in [1.82, 2.24) is 4.90 Å². The van der Waals surface area contributed by atoms with Crippen LogP contribution >= 0.6 is 24.0 Å². The molecule has 2 aromatic carbocycles. The highest BCUT2D eigenvalue weighted by Crippen LogP contribution is 2.42. The first-order valence-corrected chi connectivity index (χ1v) is 10.5. The molecule has 0 bridgehead atoms. The average molecular weight is 460 g/mol. The van der Waals surface area contributed by atoms with Gasteiger partial charge in [-0.25, -0.2) is 0 Å². The number of carbonyl (C=O) groups excluding carboxylic acids is 1. The fraction of sp³-hybridized carbons (Fsp3) is 0.227. The lowest BCUT2D eigenvalue weighted by molar-refractivity contribution is -0.138. The van der Waals surface area contributed by atoms with Crippen molar-refractivity contribution in [1.29, 1.82) is 0 Å². The number of nitrogens with zero attached hydrogens (tertiary/aromatic N) is 1. The summed E-state index contributed by atoms with van der Waals surface area (Å²) in [5.41, 5.74) is 1.36. The molecule has 3 rings (SSSR count). The van der Waals surface area contributed by atoms with Gasteiger partial charge in [0.25, 0.3) is 5.91 Å². The van der Waals surface area contributed by atoms with Crippen molar-refractivity contribution >= 4 is 46.3 Å². The molecule has 1 aliphatic heterocycles. The van der Waals surface area contributed by atoms with Crippen molar-refractivity contribution in [3.8, 4) is 17.2 Å². The summed E-state index contributed by atoms with van der Waals surface area (Å²) >= 11 is 6.57. The number of methoxy groups -OCH3 is 3. The Morgan fingerprint density at radius 3 is 2.26 bits per heavy atom. The molecular formula is C22H21NO6S2. The van der Waals surface area contributed by atoms with Gasteiger partial charge in [-0.1, -0.05) is 54.3 Å². The summed E-state index contributed by atoms with van der Waals surface area (Å²) in [4.78, 5) is 26.5. The van der Waals surface area contributed by atoms with Gasteiger partial charge >= 0.3 is 5.97 Å². The number of thiocarbonyl (C=S) groups is 1. The predicted octanol–water partition coefficient (Wildman–Crippen LogP) is 4.13. The van der Waals surface area contributed by atoms with Crippen molar-refractivity contribution in [2.45, 2.75) is 12.5 Å². The van der Waals surface area contributed by atoms with Crippen LogP contribution in [0.25, 0.3) is 6.08 Å². The van der Waals surface area contributed by atoms with E-state index in [1.54, 1.807) is 42.5 Å². The van der Waals surface area contributed by atoms with Crippen LogP contribution in [0.15, 0.2) is 47.4 Å². The van der Waals surface area contributed by atoms with E-state index in [4.69, 9.17) is 26.4 Å². The maximum absolute atomic E-state index is 13.2. The standard InChI is InChI=1S/C22H21NO6S2/c1-27-16-9-13(10-17(28-2)20(16)29-3)11-18-21(26)23(22(30)31-18)15(12-19(24)25)14-7-5-4-6-8-14/h4-11,15H,12H2,1-3H3,(H,24,25)/b18-11-. The molecule has 0 aromatic heterocycles.